The maximum atomic E-state index is 11.9. The predicted molar refractivity (Wildman–Crippen MR) is 159 cm³/mol. The number of carbonyl (C=O) groups is 1. The molecule has 0 radical (unpaired) electrons. The number of amides is 1. The van der Waals surface area contributed by atoms with Crippen molar-refractivity contribution >= 4 is 6.09 Å². The van der Waals surface area contributed by atoms with Crippen LogP contribution in [0.4, 0.5) is 4.79 Å². The van der Waals surface area contributed by atoms with Crippen LogP contribution in [0.1, 0.15) is 129 Å². The van der Waals surface area contributed by atoms with Crippen LogP contribution >= 0.6 is 0 Å². The smallest absolute Gasteiger partial charge is 0.407 e. The number of alkyl carbamates (subject to hydrolysis) is 1. The molecule has 1 aromatic rings. The molecule has 0 atom stereocenters. The summed E-state index contributed by atoms with van der Waals surface area (Å²) in [5.41, 5.74) is 0.794. The Morgan fingerprint density at radius 2 is 1.21 bits per heavy atom. The molecule has 0 spiro atoms. The summed E-state index contributed by atoms with van der Waals surface area (Å²) in [5.74, 6) is 0. The first-order chi connectivity index (χ1) is 18.7. The van der Waals surface area contributed by atoms with Gasteiger partial charge < -0.3 is 31.8 Å². The number of nitrogens with one attached hydrogen (secondary N) is 1. The van der Waals surface area contributed by atoms with Crippen molar-refractivity contribution in [2.75, 3.05) is 26.4 Å². The minimum atomic E-state index is -0.356. The minimum Gasteiger partial charge on any atom is -1.00 e. The van der Waals surface area contributed by atoms with E-state index in [4.69, 9.17) is 9.47 Å². The molecule has 0 fully saturated rings. The Labute approximate surface area is 251 Å². The number of halogens is 1. The summed E-state index contributed by atoms with van der Waals surface area (Å²) < 4.78 is 13.1. The molecule has 1 N–H and O–H groups in total. The van der Waals surface area contributed by atoms with Crippen LogP contribution in [0.5, 0.6) is 0 Å². The fourth-order valence-electron chi connectivity index (χ4n) is 4.60. The molecule has 1 aromatic heterocycles. The van der Waals surface area contributed by atoms with Gasteiger partial charge in [-0.25, -0.2) is 9.36 Å². The summed E-state index contributed by atoms with van der Waals surface area (Å²) >= 11 is 0. The summed E-state index contributed by atoms with van der Waals surface area (Å²) in [5, 5.41) is 2.85. The monoisotopic (exact) mass is 610 g/mol. The van der Waals surface area contributed by atoms with Gasteiger partial charge in [0.25, 0.3) is 0 Å². The summed E-state index contributed by atoms with van der Waals surface area (Å²) in [4.78, 5) is 11.9. The van der Waals surface area contributed by atoms with E-state index in [1.165, 1.54) is 96.3 Å². The lowest BCUT2D eigenvalue weighted by atomic mass is 10.0. The van der Waals surface area contributed by atoms with Crippen molar-refractivity contribution in [3.63, 3.8) is 0 Å². The van der Waals surface area contributed by atoms with E-state index >= 15 is 0 Å². The highest BCUT2D eigenvalue weighted by molar-refractivity contribution is 5.67. The van der Waals surface area contributed by atoms with Crippen molar-refractivity contribution in [3.8, 4) is 0 Å². The van der Waals surface area contributed by atoms with Crippen molar-refractivity contribution in [3.05, 3.63) is 42.7 Å². The topological polar surface area (TPSA) is 51.4 Å². The van der Waals surface area contributed by atoms with Gasteiger partial charge in [0.15, 0.2) is 12.4 Å². The van der Waals surface area contributed by atoms with Gasteiger partial charge in [-0.15, -0.1) is 0 Å². The molecule has 0 aliphatic carbocycles. The molecule has 1 heterocycles. The highest BCUT2D eigenvalue weighted by Crippen LogP contribution is 2.13. The summed E-state index contributed by atoms with van der Waals surface area (Å²) in [7, 11) is 0. The maximum absolute atomic E-state index is 11.9. The third-order valence-electron chi connectivity index (χ3n) is 7.00. The molecule has 0 aromatic carbocycles. The van der Waals surface area contributed by atoms with E-state index < -0.39 is 0 Å². The number of pyridine rings is 1. The normalized spacial score (nSPS) is 10.7. The van der Waals surface area contributed by atoms with Crippen molar-refractivity contribution in [1.29, 1.82) is 0 Å². The lowest BCUT2D eigenvalue weighted by Crippen LogP contribution is -3.00. The van der Waals surface area contributed by atoms with Gasteiger partial charge in [0.1, 0.15) is 13.2 Å². The van der Waals surface area contributed by atoms with E-state index in [1.807, 2.05) is 6.07 Å². The fourth-order valence-corrected chi connectivity index (χ4v) is 4.60. The van der Waals surface area contributed by atoms with E-state index in [-0.39, 0.29) is 29.7 Å². The standard InChI is InChI=1S/C33H58N2O3.BrH/c1-3-4-5-6-7-8-9-10-11-12-13-14-15-16-17-20-25-34-33(36)38-31-32(2)30-37-29-24-19-23-28-35-26-21-18-22-27-35;/h18,21-22,26-27H,2-17,19-20,23-25,28-31H2,1H3;1H. The number of aryl methyl sites for hydroxylation is 1. The Balaban J connectivity index is 0.0000144. The SMILES string of the molecule is C=C(COCCCCC[n+]1ccccc1)COC(=O)NCCCCCCCCCCCCCCCCCC.[Br-]. The molecule has 39 heavy (non-hydrogen) atoms. The van der Waals surface area contributed by atoms with Gasteiger partial charge in [-0.05, 0) is 24.8 Å². The molecule has 226 valence electrons. The van der Waals surface area contributed by atoms with E-state index in [0.29, 0.717) is 19.8 Å². The van der Waals surface area contributed by atoms with Crippen molar-refractivity contribution in [2.45, 2.75) is 135 Å². The van der Waals surface area contributed by atoms with Gasteiger partial charge in [-0.3, -0.25) is 0 Å². The molecular weight excluding hydrogens is 552 g/mol. The second-order valence-electron chi connectivity index (χ2n) is 10.8. The molecule has 1 rings (SSSR count). The number of unbranched alkanes of at least 4 members (excludes halogenated alkanes) is 17. The summed E-state index contributed by atoms with van der Waals surface area (Å²) in [6.45, 7) is 9.32. The number of aromatic nitrogens is 1. The average molecular weight is 612 g/mol. The fraction of sp³-hybridized carbons (Fsp3) is 0.758. The zero-order chi connectivity index (χ0) is 27.4. The summed E-state index contributed by atoms with van der Waals surface area (Å²) in [6.07, 6.45) is 28.8. The Morgan fingerprint density at radius 1 is 0.692 bits per heavy atom. The Hall–Kier alpha value is -1.40. The molecule has 6 heteroatoms. The van der Waals surface area contributed by atoms with Gasteiger partial charge in [0.2, 0.25) is 0 Å². The maximum Gasteiger partial charge on any atom is 0.407 e. The van der Waals surface area contributed by atoms with E-state index in [2.05, 4.69) is 47.9 Å². The summed E-state index contributed by atoms with van der Waals surface area (Å²) in [6, 6.07) is 6.14. The first kappa shape index (κ1) is 37.6. The molecule has 0 aliphatic heterocycles. The number of rotatable bonds is 27. The van der Waals surface area contributed by atoms with Crippen LogP contribution in [0, 0.1) is 0 Å². The van der Waals surface area contributed by atoms with Crippen LogP contribution in [0.25, 0.3) is 0 Å². The third kappa shape index (κ3) is 26.6. The zero-order valence-electron chi connectivity index (χ0n) is 25.1. The van der Waals surface area contributed by atoms with E-state index in [9.17, 15) is 4.79 Å². The van der Waals surface area contributed by atoms with Gasteiger partial charge in [-0.2, -0.15) is 0 Å². The van der Waals surface area contributed by atoms with Gasteiger partial charge in [0.05, 0.1) is 6.61 Å². The van der Waals surface area contributed by atoms with Crippen LogP contribution < -0.4 is 26.9 Å². The van der Waals surface area contributed by atoms with Gasteiger partial charge in [0, 0.05) is 31.7 Å². The van der Waals surface area contributed by atoms with Crippen LogP contribution in [0.2, 0.25) is 0 Å². The van der Waals surface area contributed by atoms with Gasteiger partial charge in [-0.1, -0.05) is 116 Å². The number of hydrogen-bond acceptors (Lipinski definition) is 3. The quantitative estimate of drug-likeness (QED) is 0.0788. The molecule has 0 aliphatic rings. The van der Waals surface area contributed by atoms with Crippen LogP contribution in [-0.4, -0.2) is 32.5 Å². The average Bonchev–Trinajstić information content (AvgIpc) is 2.93. The lowest BCUT2D eigenvalue weighted by molar-refractivity contribution is -0.697. The highest BCUT2D eigenvalue weighted by atomic mass is 79.9. The molecule has 0 saturated heterocycles. The Bertz CT molecular complexity index is 672. The van der Waals surface area contributed by atoms with Crippen molar-refractivity contribution < 1.29 is 35.8 Å². The van der Waals surface area contributed by atoms with Crippen LogP contribution in [0.15, 0.2) is 42.7 Å². The van der Waals surface area contributed by atoms with Crippen LogP contribution in [0.3, 0.4) is 0 Å². The molecule has 0 unspecified atom stereocenters. The molecule has 1 amide bonds. The van der Waals surface area contributed by atoms with Gasteiger partial charge >= 0.3 is 6.09 Å². The molecule has 0 saturated carbocycles. The van der Waals surface area contributed by atoms with Crippen molar-refractivity contribution in [2.24, 2.45) is 0 Å². The van der Waals surface area contributed by atoms with Crippen molar-refractivity contribution in [1.82, 2.24) is 5.32 Å². The molecule has 5 nitrogen and oxygen atoms in total. The highest BCUT2D eigenvalue weighted by Gasteiger charge is 2.04. The number of ether oxygens (including phenoxy) is 2. The Kier molecular flexibility index (Phi) is 28.5. The second kappa shape index (κ2) is 29.6. The first-order valence-electron chi connectivity index (χ1n) is 15.8. The molecular formula is C33H59BrN2O3. The first-order valence-corrected chi connectivity index (χ1v) is 15.8. The van der Waals surface area contributed by atoms with E-state index in [1.54, 1.807) is 0 Å². The number of hydrogen-bond donors (Lipinski definition) is 1. The lowest BCUT2D eigenvalue weighted by Gasteiger charge is -2.09. The predicted octanol–water partition coefficient (Wildman–Crippen LogP) is 5.71. The molecule has 0 bridgehead atoms. The third-order valence-corrected chi connectivity index (χ3v) is 7.00. The zero-order valence-corrected chi connectivity index (χ0v) is 26.7. The Morgan fingerprint density at radius 3 is 1.77 bits per heavy atom. The minimum absolute atomic E-state index is 0. The van der Waals surface area contributed by atoms with Crippen LogP contribution in [-0.2, 0) is 16.0 Å². The number of carbonyl (C=O) groups excluding carboxylic acids is 1. The number of nitrogens with zero attached hydrogens (tertiary/aromatic N) is 1. The van der Waals surface area contributed by atoms with E-state index in [0.717, 1.165) is 37.8 Å². The second-order valence-corrected chi connectivity index (χ2v) is 10.8. The largest absolute Gasteiger partial charge is 1.00 e.